The molecule has 2 heterocycles. The number of anilines is 1. The van der Waals surface area contributed by atoms with Gasteiger partial charge in [-0.2, -0.15) is 4.98 Å². The molecule has 3 aromatic rings. The van der Waals surface area contributed by atoms with Crippen molar-refractivity contribution in [3.8, 4) is 11.4 Å². The molecule has 1 aliphatic rings. The van der Waals surface area contributed by atoms with Crippen LogP contribution in [0.25, 0.3) is 11.4 Å². The molecule has 1 aromatic carbocycles. The third-order valence-corrected chi connectivity index (χ3v) is 6.42. The molecular formula is C24H27N5O5S. The highest BCUT2D eigenvalue weighted by Crippen LogP contribution is 2.31. The molecule has 0 unspecified atom stereocenters. The first-order valence-corrected chi connectivity index (χ1v) is 12.0. The van der Waals surface area contributed by atoms with E-state index in [0.717, 1.165) is 11.3 Å². The number of aromatic nitrogens is 3. The van der Waals surface area contributed by atoms with Gasteiger partial charge < -0.3 is 19.9 Å². The van der Waals surface area contributed by atoms with Gasteiger partial charge in [-0.1, -0.05) is 28.6 Å². The minimum Gasteiger partial charge on any atom is -0.456 e. The van der Waals surface area contributed by atoms with Crippen molar-refractivity contribution in [3.05, 3.63) is 46.3 Å². The zero-order valence-corrected chi connectivity index (χ0v) is 21.0. The second kappa shape index (κ2) is 9.57. The molecule has 10 nitrogen and oxygen atoms in total. The Balaban J connectivity index is 1.29. The Morgan fingerprint density at radius 2 is 1.89 bits per heavy atom. The van der Waals surface area contributed by atoms with E-state index >= 15 is 0 Å². The number of ether oxygens (including phenoxy) is 1. The Hall–Kier alpha value is -3.60. The molecule has 4 rings (SSSR count). The Kier molecular flexibility index (Phi) is 6.70. The van der Waals surface area contributed by atoms with Crippen LogP contribution < -0.4 is 10.6 Å². The van der Waals surface area contributed by atoms with E-state index < -0.39 is 11.6 Å². The van der Waals surface area contributed by atoms with E-state index in [1.54, 1.807) is 58.9 Å². The summed E-state index contributed by atoms with van der Waals surface area (Å²) in [5.74, 6) is -0.253. The first kappa shape index (κ1) is 24.5. The Bertz CT molecular complexity index is 1270. The lowest BCUT2D eigenvalue weighted by Crippen LogP contribution is -2.48. The predicted molar refractivity (Wildman–Crippen MR) is 129 cm³/mol. The Labute approximate surface area is 206 Å². The highest BCUT2D eigenvalue weighted by Gasteiger charge is 2.36. The summed E-state index contributed by atoms with van der Waals surface area (Å²) in [4.78, 5) is 46.5. The second-order valence-corrected chi connectivity index (χ2v) is 10.5. The largest absolute Gasteiger partial charge is 0.456 e. The number of aryl methyl sites for hydroxylation is 2. The fourth-order valence-electron chi connectivity index (χ4n) is 3.61. The molecule has 1 saturated carbocycles. The summed E-state index contributed by atoms with van der Waals surface area (Å²) in [6, 6.07) is 6.87. The highest BCUT2D eigenvalue weighted by molar-refractivity contribution is 7.17. The smallest absolute Gasteiger partial charge is 0.350 e. The van der Waals surface area contributed by atoms with Crippen LogP contribution in [0.5, 0.6) is 0 Å². The third kappa shape index (κ3) is 5.91. The molecule has 2 aromatic heterocycles. The number of thiazole rings is 1. The van der Waals surface area contributed by atoms with Crippen molar-refractivity contribution < 1.29 is 23.6 Å². The molecule has 0 aliphatic heterocycles. The number of benzene rings is 1. The van der Waals surface area contributed by atoms with Gasteiger partial charge in [0.2, 0.25) is 17.6 Å². The minimum atomic E-state index is -0.615. The summed E-state index contributed by atoms with van der Waals surface area (Å²) in [6.07, 6.45) is 1.04. The zero-order chi connectivity index (χ0) is 25.3. The lowest BCUT2D eigenvalue weighted by atomic mass is 9.79. The molecule has 2 N–H and O–H groups in total. The average molecular weight is 498 g/mol. The van der Waals surface area contributed by atoms with E-state index in [1.807, 2.05) is 0 Å². The van der Waals surface area contributed by atoms with Gasteiger partial charge in [0.15, 0.2) is 5.13 Å². The number of nitrogens with one attached hydrogen (secondary N) is 2. The van der Waals surface area contributed by atoms with Gasteiger partial charge in [0.25, 0.3) is 5.91 Å². The van der Waals surface area contributed by atoms with Crippen LogP contribution in [0.3, 0.4) is 0 Å². The monoisotopic (exact) mass is 497 g/mol. The number of hydrogen-bond acceptors (Lipinski definition) is 9. The van der Waals surface area contributed by atoms with Crippen molar-refractivity contribution in [2.24, 2.45) is 5.92 Å². The minimum absolute atomic E-state index is 0.107. The van der Waals surface area contributed by atoms with Gasteiger partial charge in [0, 0.05) is 30.0 Å². The normalized spacial score (nSPS) is 17.4. The number of amides is 2. The highest BCUT2D eigenvalue weighted by atomic mass is 32.1. The molecule has 11 heteroatoms. The summed E-state index contributed by atoms with van der Waals surface area (Å²) < 4.78 is 10.4. The van der Waals surface area contributed by atoms with Crippen LogP contribution in [-0.2, 0) is 9.53 Å². The van der Waals surface area contributed by atoms with Crippen molar-refractivity contribution in [3.63, 3.8) is 0 Å². The molecule has 35 heavy (non-hydrogen) atoms. The standard InChI is InChI=1S/C24H27N5O5S/c1-12-18(22(32)33-24(3,4)5)35-23(25-12)28-21(31)16-10-17(11-16)27-20(30)15-8-6-7-14(9-15)19-26-13(2)34-29-19/h6-9,16-17H,10-11H2,1-5H3,(H,27,30)(H,25,28,31)/t16-,17+. The average Bonchev–Trinajstić information content (AvgIpc) is 3.34. The van der Waals surface area contributed by atoms with Gasteiger partial charge in [0.05, 0.1) is 5.69 Å². The maximum atomic E-state index is 12.7. The SMILES string of the molecule is Cc1nc(-c2cccc(C(=O)N[C@H]3C[C@@H](C(=O)Nc4nc(C)c(C(=O)OC(C)(C)C)s4)C3)c2)no1. The van der Waals surface area contributed by atoms with Crippen LogP contribution in [0.4, 0.5) is 5.13 Å². The third-order valence-electron chi connectivity index (χ3n) is 5.37. The summed E-state index contributed by atoms with van der Waals surface area (Å²) >= 11 is 1.09. The van der Waals surface area contributed by atoms with Crippen LogP contribution in [0, 0.1) is 19.8 Å². The number of carbonyl (C=O) groups is 3. The van der Waals surface area contributed by atoms with E-state index in [0.29, 0.717) is 51.4 Å². The van der Waals surface area contributed by atoms with Crippen LogP contribution in [0.2, 0.25) is 0 Å². The van der Waals surface area contributed by atoms with Crippen molar-refractivity contribution in [1.29, 1.82) is 0 Å². The number of carbonyl (C=O) groups excluding carboxylic acids is 3. The van der Waals surface area contributed by atoms with Crippen LogP contribution in [0.15, 0.2) is 28.8 Å². The fourth-order valence-corrected chi connectivity index (χ4v) is 4.45. The maximum absolute atomic E-state index is 12.7. The van der Waals surface area contributed by atoms with Crippen LogP contribution >= 0.6 is 11.3 Å². The molecule has 0 bridgehead atoms. The van der Waals surface area contributed by atoms with Gasteiger partial charge in [-0.3, -0.25) is 9.59 Å². The molecule has 1 fully saturated rings. The first-order valence-electron chi connectivity index (χ1n) is 11.2. The van der Waals surface area contributed by atoms with E-state index in [2.05, 4.69) is 25.8 Å². The molecule has 1 aliphatic carbocycles. The van der Waals surface area contributed by atoms with Crippen molar-refractivity contribution in [2.45, 2.75) is 59.1 Å². The number of rotatable bonds is 6. The lowest BCUT2D eigenvalue weighted by Gasteiger charge is -2.34. The van der Waals surface area contributed by atoms with E-state index in [-0.39, 0.29) is 23.8 Å². The summed E-state index contributed by atoms with van der Waals surface area (Å²) in [5.41, 5.74) is 1.06. The van der Waals surface area contributed by atoms with Gasteiger partial charge in [-0.15, -0.1) is 0 Å². The molecule has 184 valence electrons. The Morgan fingerprint density at radius 3 is 2.54 bits per heavy atom. The van der Waals surface area contributed by atoms with Crippen molar-refractivity contribution in [2.75, 3.05) is 5.32 Å². The van der Waals surface area contributed by atoms with Gasteiger partial charge in [-0.25, -0.2) is 9.78 Å². The summed E-state index contributed by atoms with van der Waals surface area (Å²) in [7, 11) is 0. The van der Waals surface area contributed by atoms with Gasteiger partial charge in [0.1, 0.15) is 10.5 Å². The second-order valence-electron chi connectivity index (χ2n) is 9.48. The van der Waals surface area contributed by atoms with E-state index in [9.17, 15) is 14.4 Å². The summed E-state index contributed by atoms with van der Waals surface area (Å²) in [6.45, 7) is 8.78. The van der Waals surface area contributed by atoms with Crippen LogP contribution in [0.1, 0.15) is 65.2 Å². The van der Waals surface area contributed by atoms with E-state index in [1.165, 1.54) is 0 Å². The predicted octanol–water partition coefficient (Wildman–Crippen LogP) is 3.91. The van der Waals surface area contributed by atoms with Gasteiger partial charge in [-0.05, 0) is 52.7 Å². The number of nitrogens with zero attached hydrogens (tertiary/aromatic N) is 3. The fraction of sp³-hybridized carbons (Fsp3) is 0.417. The van der Waals surface area contributed by atoms with Gasteiger partial charge >= 0.3 is 5.97 Å². The molecule has 0 atom stereocenters. The van der Waals surface area contributed by atoms with Crippen LogP contribution in [-0.4, -0.2) is 44.6 Å². The topological polar surface area (TPSA) is 136 Å². The number of esters is 1. The molecule has 0 radical (unpaired) electrons. The summed E-state index contributed by atoms with van der Waals surface area (Å²) in [5, 5.41) is 9.97. The quantitative estimate of drug-likeness (QED) is 0.489. The molecule has 0 spiro atoms. The Morgan fingerprint density at radius 1 is 1.14 bits per heavy atom. The molecule has 2 amide bonds. The molecular weight excluding hydrogens is 470 g/mol. The van der Waals surface area contributed by atoms with Crippen molar-refractivity contribution >= 4 is 34.3 Å². The number of hydrogen-bond donors (Lipinski definition) is 2. The molecule has 0 saturated heterocycles. The lowest BCUT2D eigenvalue weighted by molar-refractivity contribution is -0.122. The first-order chi connectivity index (χ1) is 16.5. The zero-order valence-electron chi connectivity index (χ0n) is 20.2. The van der Waals surface area contributed by atoms with Crippen molar-refractivity contribution in [1.82, 2.24) is 20.4 Å². The van der Waals surface area contributed by atoms with E-state index in [4.69, 9.17) is 9.26 Å². The maximum Gasteiger partial charge on any atom is 0.350 e.